The summed E-state index contributed by atoms with van der Waals surface area (Å²) < 4.78 is 28.8. The van der Waals surface area contributed by atoms with E-state index >= 15 is 0 Å². The van der Waals surface area contributed by atoms with Crippen molar-refractivity contribution in [2.45, 2.75) is 11.8 Å². The minimum Gasteiger partial charge on any atom is -0.363 e. The Hall–Kier alpha value is -2.44. The first-order chi connectivity index (χ1) is 10.5. The average molecular weight is 314 g/mol. The minimum atomic E-state index is -3.85. The molecule has 0 fully saturated rings. The molecule has 22 heavy (non-hydrogen) atoms. The molecule has 0 saturated carbocycles. The molecule has 1 aromatic heterocycles. The van der Waals surface area contributed by atoms with Crippen molar-refractivity contribution in [1.82, 2.24) is 5.16 Å². The number of hydrogen-bond donors (Lipinski definition) is 1. The minimum absolute atomic E-state index is 0.0629. The van der Waals surface area contributed by atoms with Crippen LogP contribution in [0.15, 0.2) is 64.2 Å². The van der Waals surface area contributed by atoms with Gasteiger partial charge in [-0.05, 0) is 18.6 Å². The quantitative estimate of drug-likeness (QED) is 0.805. The third-order valence-corrected chi connectivity index (χ3v) is 4.30. The first kappa shape index (κ1) is 14.5. The van der Waals surface area contributed by atoms with Gasteiger partial charge in [0.05, 0.1) is 10.5 Å². The largest absolute Gasteiger partial charge is 0.363 e. The molecule has 3 rings (SSSR count). The zero-order valence-corrected chi connectivity index (χ0v) is 12.7. The smallest absolute Gasteiger partial charge is 0.238 e. The number of rotatable bonds is 3. The van der Waals surface area contributed by atoms with Crippen LogP contribution in [0.3, 0.4) is 0 Å². The van der Waals surface area contributed by atoms with Gasteiger partial charge < -0.3 is 4.52 Å². The molecule has 112 valence electrons. The molecule has 1 heterocycles. The molecule has 0 unspecified atom stereocenters. The average Bonchev–Trinajstić information content (AvgIpc) is 2.96. The molecule has 0 aliphatic heterocycles. The Morgan fingerprint density at radius 2 is 1.77 bits per heavy atom. The lowest BCUT2D eigenvalue weighted by Gasteiger charge is -2.08. The summed E-state index contributed by atoms with van der Waals surface area (Å²) in [5, 5.41) is 9.34. The lowest BCUT2D eigenvalue weighted by molar-refractivity contribution is 0.422. The van der Waals surface area contributed by atoms with Gasteiger partial charge in [0, 0.05) is 11.1 Å². The Bertz CT molecular complexity index is 916. The number of aromatic nitrogens is 1. The first-order valence-corrected chi connectivity index (χ1v) is 8.15. The maximum Gasteiger partial charge on any atom is 0.238 e. The van der Waals surface area contributed by atoms with Crippen molar-refractivity contribution in [2.24, 2.45) is 5.14 Å². The second-order valence-corrected chi connectivity index (χ2v) is 6.52. The van der Waals surface area contributed by atoms with Crippen molar-refractivity contribution < 1.29 is 12.9 Å². The Morgan fingerprint density at radius 1 is 1.05 bits per heavy atom. The molecule has 0 atom stereocenters. The van der Waals surface area contributed by atoms with Crippen LogP contribution in [0.2, 0.25) is 0 Å². The molecule has 0 bridgehead atoms. The van der Waals surface area contributed by atoms with Gasteiger partial charge in [0.25, 0.3) is 0 Å². The predicted octanol–water partition coefficient (Wildman–Crippen LogP) is 2.96. The van der Waals surface area contributed by atoms with Gasteiger partial charge in [-0.25, -0.2) is 13.6 Å². The van der Waals surface area contributed by atoms with E-state index in [0.29, 0.717) is 16.8 Å². The van der Waals surface area contributed by atoms with E-state index in [1.54, 1.807) is 12.1 Å². The van der Waals surface area contributed by atoms with Crippen LogP contribution < -0.4 is 5.14 Å². The molecule has 5 nitrogen and oxygen atoms in total. The van der Waals surface area contributed by atoms with E-state index in [1.807, 2.05) is 43.3 Å². The van der Waals surface area contributed by atoms with Gasteiger partial charge in [-0.3, -0.25) is 0 Å². The van der Waals surface area contributed by atoms with Gasteiger partial charge in [0.2, 0.25) is 10.0 Å². The van der Waals surface area contributed by atoms with E-state index in [9.17, 15) is 8.42 Å². The number of hydrogen-bond acceptors (Lipinski definition) is 4. The Balaban J connectivity index is 2.25. The Labute approximate surface area is 128 Å². The Morgan fingerprint density at radius 3 is 2.45 bits per heavy atom. The van der Waals surface area contributed by atoms with Gasteiger partial charge in [0.1, 0.15) is 12.0 Å². The summed E-state index contributed by atoms with van der Waals surface area (Å²) in [6.45, 7) is 1.81. The van der Waals surface area contributed by atoms with Crippen LogP contribution >= 0.6 is 0 Å². The molecule has 2 N–H and O–H groups in total. The summed E-state index contributed by atoms with van der Waals surface area (Å²) in [4.78, 5) is 0.0629. The monoisotopic (exact) mass is 314 g/mol. The van der Waals surface area contributed by atoms with Crippen LogP contribution in [0, 0.1) is 6.92 Å². The summed E-state index contributed by atoms with van der Waals surface area (Å²) in [7, 11) is -3.85. The molecule has 2 aromatic carbocycles. The summed E-state index contributed by atoms with van der Waals surface area (Å²) in [6.07, 6.45) is 1.43. The van der Waals surface area contributed by atoms with Crippen molar-refractivity contribution in [2.75, 3.05) is 0 Å². The van der Waals surface area contributed by atoms with Crippen molar-refractivity contribution >= 4 is 10.0 Å². The standard InChI is InChI=1S/C16H14N2O3S/c1-11-7-8-13(15(9-11)22(17,19)20)14-10-21-18-16(14)12-5-3-2-4-6-12/h2-10H,1H3,(H2,17,19,20). The second kappa shape index (κ2) is 5.40. The van der Waals surface area contributed by atoms with E-state index in [-0.39, 0.29) is 4.90 Å². The van der Waals surface area contributed by atoms with Gasteiger partial charge in [-0.2, -0.15) is 0 Å². The third-order valence-electron chi connectivity index (χ3n) is 3.35. The fraction of sp³-hybridized carbons (Fsp3) is 0.0625. The highest BCUT2D eigenvalue weighted by Crippen LogP contribution is 2.34. The second-order valence-electron chi connectivity index (χ2n) is 4.99. The predicted molar refractivity (Wildman–Crippen MR) is 83.5 cm³/mol. The molecule has 0 spiro atoms. The fourth-order valence-electron chi connectivity index (χ4n) is 2.32. The van der Waals surface area contributed by atoms with E-state index < -0.39 is 10.0 Å². The molecule has 0 radical (unpaired) electrons. The molecule has 3 aromatic rings. The molecule has 0 amide bonds. The zero-order valence-electron chi connectivity index (χ0n) is 11.9. The zero-order chi connectivity index (χ0) is 15.7. The first-order valence-electron chi connectivity index (χ1n) is 6.60. The summed E-state index contributed by atoms with van der Waals surface area (Å²) >= 11 is 0. The normalized spacial score (nSPS) is 11.5. The van der Waals surface area contributed by atoms with Crippen LogP contribution in [-0.2, 0) is 10.0 Å². The highest BCUT2D eigenvalue weighted by atomic mass is 32.2. The van der Waals surface area contributed by atoms with Gasteiger partial charge >= 0.3 is 0 Å². The van der Waals surface area contributed by atoms with E-state index in [4.69, 9.17) is 9.66 Å². The number of nitrogens with zero attached hydrogens (tertiary/aromatic N) is 1. The van der Waals surface area contributed by atoms with Crippen molar-refractivity contribution in [3.8, 4) is 22.4 Å². The summed E-state index contributed by atoms with van der Waals surface area (Å²) in [5.41, 5.74) is 3.30. The van der Waals surface area contributed by atoms with E-state index in [0.717, 1.165) is 11.1 Å². The highest BCUT2D eigenvalue weighted by Gasteiger charge is 2.20. The molecular weight excluding hydrogens is 300 g/mol. The SMILES string of the molecule is Cc1ccc(-c2conc2-c2ccccc2)c(S(N)(=O)=O)c1. The van der Waals surface area contributed by atoms with Crippen LogP contribution in [0.25, 0.3) is 22.4 Å². The third kappa shape index (κ3) is 2.66. The number of aryl methyl sites for hydroxylation is 1. The van der Waals surface area contributed by atoms with Gasteiger partial charge in [0.15, 0.2) is 0 Å². The number of nitrogens with two attached hydrogens (primary N) is 1. The fourth-order valence-corrected chi connectivity index (χ4v) is 3.15. The number of benzene rings is 2. The number of sulfonamides is 1. The number of primary sulfonamides is 1. The molecular formula is C16H14N2O3S. The van der Waals surface area contributed by atoms with Crippen LogP contribution in [0.4, 0.5) is 0 Å². The van der Waals surface area contributed by atoms with Crippen LogP contribution in [0.5, 0.6) is 0 Å². The van der Waals surface area contributed by atoms with Crippen molar-refractivity contribution in [3.05, 3.63) is 60.4 Å². The molecule has 0 aliphatic rings. The summed E-state index contributed by atoms with van der Waals surface area (Å²) in [6, 6.07) is 14.5. The van der Waals surface area contributed by atoms with Crippen LogP contribution in [0.1, 0.15) is 5.56 Å². The summed E-state index contributed by atoms with van der Waals surface area (Å²) in [5.74, 6) is 0. The van der Waals surface area contributed by atoms with Crippen molar-refractivity contribution in [3.63, 3.8) is 0 Å². The van der Waals surface area contributed by atoms with E-state index in [2.05, 4.69) is 5.16 Å². The van der Waals surface area contributed by atoms with Crippen LogP contribution in [-0.4, -0.2) is 13.6 Å². The van der Waals surface area contributed by atoms with Gasteiger partial charge in [-0.1, -0.05) is 47.6 Å². The Kier molecular flexibility index (Phi) is 3.56. The van der Waals surface area contributed by atoms with E-state index in [1.165, 1.54) is 6.26 Å². The molecule has 0 saturated heterocycles. The molecule has 0 aliphatic carbocycles. The van der Waals surface area contributed by atoms with Gasteiger partial charge in [-0.15, -0.1) is 0 Å². The molecule has 6 heteroatoms. The van der Waals surface area contributed by atoms with Crippen molar-refractivity contribution in [1.29, 1.82) is 0 Å². The topological polar surface area (TPSA) is 86.2 Å². The highest BCUT2D eigenvalue weighted by molar-refractivity contribution is 7.89. The lowest BCUT2D eigenvalue weighted by Crippen LogP contribution is -2.13. The maximum atomic E-state index is 11.9. The lowest BCUT2D eigenvalue weighted by atomic mass is 10.0. The maximum absolute atomic E-state index is 11.9.